The molecule has 33 heavy (non-hydrogen) atoms. The van der Waals surface area contributed by atoms with Crippen molar-refractivity contribution in [1.29, 1.82) is 0 Å². The Kier molecular flexibility index (Phi) is 4.99. The molecule has 166 valence electrons. The van der Waals surface area contributed by atoms with Gasteiger partial charge >= 0.3 is 0 Å². The standard InChI is InChI=1S/C25H26N8/c1-17-12-21(3-2-20(17)13-18-6-10-32-23(14-18)27-15-29-32)31-25-24-22(19-4-8-26-9-5-19)7-11-33(24)30-16-28-25/h2-3,6-7,10-12,14-16,19,26H,4-5,8-9,13H2,1H3,(H,28,30,31). The average Bonchev–Trinajstić information content (AvgIpc) is 3.49. The van der Waals surface area contributed by atoms with Gasteiger partial charge < -0.3 is 10.6 Å². The summed E-state index contributed by atoms with van der Waals surface area (Å²) in [6, 6.07) is 12.9. The molecule has 6 rings (SSSR count). The maximum atomic E-state index is 4.60. The molecule has 8 heteroatoms. The highest BCUT2D eigenvalue weighted by molar-refractivity contribution is 5.77. The topological polar surface area (TPSA) is 84.4 Å². The summed E-state index contributed by atoms with van der Waals surface area (Å²) >= 11 is 0. The maximum Gasteiger partial charge on any atom is 0.158 e. The molecule has 0 atom stereocenters. The van der Waals surface area contributed by atoms with Gasteiger partial charge in [0, 0.05) is 18.1 Å². The molecule has 1 saturated heterocycles. The van der Waals surface area contributed by atoms with Gasteiger partial charge in [0.05, 0.1) is 0 Å². The van der Waals surface area contributed by atoms with Gasteiger partial charge in [-0.1, -0.05) is 6.07 Å². The van der Waals surface area contributed by atoms with E-state index < -0.39 is 0 Å². The van der Waals surface area contributed by atoms with E-state index in [0.29, 0.717) is 5.92 Å². The fourth-order valence-corrected chi connectivity index (χ4v) is 4.83. The van der Waals surface area contributed by atoms with Crippen LogP contribution in [0.2, 0.25) is 0 Å². The first-order valence-electron chi connectivity index (χ1n) is 11.4. The third kappa shape index (κ3) is 3.82. The number of anilines is 2. The van der Waals surface area contributed by atoms with Crippen molar-refractivity contribution in [2.45, 2.75) is 32.1 Å². The minimum atomic E-state index is 0.537. The van der Waals surface area contributed by atoms with Crippen LogP contribution < -0.4 is 10.6 Å². The van der Waals surface area contributed by atoms with Gasteiger partial charge in [-0.2, -0.15) is 10.2 Å². The molecule has 0 spiro atoms. The Morgan fingerprint density at radius 2 is 1.79 bits per heavy atom. The van der Waals surface area contributed by atoms with Crippen LogP contribution in [0, 0.1) is 6.92 Å². The second kappa shape index (κ2) is 8.29. The molecule has 0 radical (unpaired) electrons. The first-order valence-corrected chi connectivity index (χ1v) is 11.4. The summed E-state index contributed by atoms with van der Waals surface area (Å²) in [6.07, 6.45) is 10.3. The van der Waals surface area contributed by atoms with Crippen molar-refractivity contribution in [2.24, 2.45) is 0 Å². The normalized spacial score (nSPS) is 14.8. The first-order chi connectivity index (χ1) is 16.2. The van der Waals surface area contributed by atoms with Crippen LogP contribution in [0.3, 0.4) is 0 Å². The fraction of sp³-hybridized carbons (Fsp3) is 0.280. The quantitative estimate of drug-likeness (QED) is 0.433. The summed E-state index contributed by atoms with van der Waals surface area (Å²) in [5.74, 6) is 1.39. The number of piperidine rings is 1. The molecule has 0 saturated carbocycles. The van der Waals surface area contributed by atoms with Crippen LogP contribution in [0.15, 0.2) is 61.4 Å². The van der Waals surface area contributed by atoms with E-state index in [2.05, 4.69) is 74.1 Å². The number of hydrogen-bond donors (Lipinski definition) is 2. The van der Waals surface area contributed by atoms with Crippen LogP contribution in [-0.2, 0) is 6.42 Å². The van der Waals surface area contributed by atoms with Gasteiger partial charge in [-0.25, -0.2) is 19.0 Å². The summed E-state index contributed by atoms with van der Waals surface area (Å²) in [5, 5.41) is 15.6. The molecule has 1 aliphatic heterocycles. The van der Waals surface area contributed by atoms with Gasteiger partial charge in [0.2, 0.25) is 0 Å². The van der Waals surface area contributed by atoms with Crippen molar-refractivity contribution in [1.82, 2.24) is 34.5 Å². The van der Waals surface area contributed by atoms with E-state index in [9.17, 15) is 0 Å². The Hall–Kier alpha value is -3.78. The van der Waals surface area contributed by atoms with Crippen molar-refractivity contribution >= 4 is 22.7 Å². The Bertz CT molecular complexity index is 1430. The number of hydrogen-bond acceptors (Lipinski definition) is 6. The molecule has 2 N–H and O–H groups in total. The minimum absolute atomic E-state index is 0.537. The van der Waals surface area contributed by atoms with Gasteiger partial charge in [0.1, 0.15) is 18.2 Å². The van der Waals surface area contributed by atoms with Crippen molar-refractivity contribution in [3.8, 4) is 0 Å². The van der Waals surface area contributed by atoms with Crippen molar-refractivity contribution in [2.75, 3.05) is 18.4 Å². The van der Waals surface area contributed by atoms with Gasteiger partial charge in [-0.05, 0) is 97.8 Å². The van der Waals surface area contributed by atoms with E-state index in [0.717, 1.165) is 55.0 Å². The van der Waals surface area contributed by atoms with E-state index >= 15 is 0 Å². The first kappa shape index (κ1) is 19.9. The highest BCUT2D eigenvalue weighted by Crippen LogP contribution is 2.33. The zero-order valence-corrected chi connectivity index (χ0v) is 18.6. The van der Waals surface area contributed by atoms with Crippen LogP contribution in [-0.4, -0.2) is 42.3 Å². The van der Waals surface area contributed by atoms with Gasteiger partial charge in [0.25, 0.3) is 0 Å². The lowest BCUT2D eigenvalue weighted by molar-refractivity contribution is 0.462. The second-order valence-electron chi connectivity index (χ2n) is 8.74. The van der Waals surface area contributed by atoms with E-state index in [1.165, 1.54) is 22.3 Å². The van der Waals surface area contributed by atoms with Crippen LogP contribution in [0.1, 0.15) is 41.0 Å². The third-order valence-corrected chi connectivity index (χ3v) is 6.61. The number of fused-ring (bicyclic) bond motifs is 2. The smallest absolute Gasteiger partial charge is 0.158 e. The van der Waals surface area contributed by atoms with E-state index in [4.69, 9.17) is 0 Å². The van der Waals surface area contributed by atoms with E-state index in [-0.39, 0.29) is 0 Å². The summed E-state index contributed by atoms with van der Waals surface area (Å²) < 4.78 is 3.72. The Morgan fingerprint density at radius 3 is 2.67 bits per heavy atom. The lowest BCUT2D eigenvalue weighted by Gasteiger charge is -2.22. The lowest BCUT2D eigenvalue weighted by atomic mass is 9.91. The molecular weight excluding hydrogens is 412 g/mol. The lowest BCUT2D eigenvalue weighted by Crippen LogP contribution is -2.26. The molecular formula is C25H26N8. The number of aryl methyl sites for hydroxylation is 1. The molecule has 8 nitrogen and oxygen atoms in total. The molecule has 0 aliphatic carbocycles. The Morgan fingerprint density at radius 1 is 0.970 bits per heavy atom. The number of benzene rings is 1. The molecule has 4 aromatic heterocycles. The zero-order valence-electron chi connectivity index (χ0n) is 18.6. The Balaban J connectivity index is 1.27. The largest absolute Gasteiger partial charge is 0.338 e. The zero-order chi connectivity index (χ0) is 22.2. The highest BCUT2D eigenvalue weighted by atomic mass is 15.3. The number of nitrogens with zero attached hydrogens (tertiary/aromatic N) is 6. The Labute approximate surface area is 191 Å². The third-order valence-electron chi connectivity index (χ3n) is 6.61. The molecule has 1 aliphatic rings. The SMILES string of the molecule is Cc1cc(Nc2ncnn3ccc(C4CCNCC4)c23)ccc1Cc1ccn2ncnc2c1. The van der Waals surface area contributed by atoms with Crippen LogP contribution in [0.5, 0.6) is 0 Å². The van der Waals surface area contributed by atoms with Gasteiger partial charge in [0.15, 0.2) is 11.5 Å². The van der Waals surface area contributed by atoms with E-state index in [1.54, 1.807) is 17.2 Å². The second-order valence-corrected chi connectivity index (χ2v) is 8.74. The fourth-order valence-electron chi connectivity index (χ4n) is 4.83. The van der Waals surface area contributed by atoms with Crippen molar-refractivity contribution in [3.05, 3.63) is 83.7 Å². The van der Waals surface area contributed by atoms with Crippen molar-refractivity contribution in [3.63, 3.8) is 0 Å². The van der Waals surface area contributed by atoms with Crippen LogP contribution in [0.25, 0.3) is 11.2 Å². The summed E-state index contributed by atoms with van der Waals surface area (Å²) in [4.78, 5) is 8.89. The summed E-state index contributed by atoms with van der Waals surface area (Å²) in [5.41, 5.74) is 8.05. The molecule has 1 fully saturated rings. The number of aromatic nitrogens is 6. The number of rotatable bonds is 5. The molecule has 5 aromatic rings. The maximum absolute atomic E-state index is 4.60. The highest BCUT2D eigenvalue weighted by Gasteiger charge is 2.21. The van der Waals surface area contributed by atoms with Gasteiger partial charge in [-0.3, -0.25) is 0 Å². The van der Waals surface area contributed by atoms with Crippen LogP contribution >= 0.6 is 0 Å². The predicted molar refractivity (Wildman–Crippen MR) is 128 cm³/mol. The summed E-state index contributed by atoms with van der Waals surface area (Å²) in [6.45, 7) is 4.27. The minimum Gasteiger partial charge on any atom is -0.338 e. The number of nitrogens with one attached hydrogen (secondary N) is 2. The van der Waals surface area contributed by atoms with Crippen LogP contribution in [0.4, 0.5) is 11.5 Å². The van der Waals surface area contributed by atoms with Crippen molar-refractivity contribution < 1.29 is 0 Å². The summed E-state index contributed by atoms with van der Waals surface area (Å²) in [7, 11) is 0. The number of pyridine rings is 1. The monoisotopic (exact) mass is 438 g/mol. The molecule has 0 bridgehead atoms. The molecule has 0 amide bonds. The molecule has 1 aromatic carbocycles. The average molecular weight is 439 g/mol. The predicted octanol–water partition coefficient (Wildman–Crippen LogP) is 3.88. The van der Waals surface area contributed by atoms with E-state index in [1.807, 2.05) is 16.9 Å². The molecule has 5 heterocycles. The molecule has 0 unspecified atom stereocenters. The van der Waals surface area contributed by atoms with Gasteiger partial charge in [-0.15, -0.1) is 0 Å².